The third kappa shape index (κ3) is 5.69. The third-order valence-corrected chi connectivity index (χ3v) is 3.16. The number of nitrogens with one attached hydrogen (secondary N) is 2. The molecule has 0 saturated heterocycles. The van der Waals surface area contributed by atoms with Crippen LogP contribution in [0, 0.1) is 0 Å². The summed E-state index contributed by atoms with van der Waals surface area (Å²) in [5, 5.41) is 6.66. The Kier molecular flexibility index (Phi) is 6.33. The second-order valence-corrected chi connectivity index (χ2v) is 4.84. The molecule has 0 fully saturated rings. The fraction of sp³-hybridized carbons (Fsp3) is 0.278. The lowest BCUT2D eigenvalue weighted by atomic mass is 10.1. The molecule has 0 radical (unpaired) electrons. The highest BCUT2D eigenvalue weighted by Gasteiger charge is 1.97. The van der Waals surface area contributed by atoms with Crippen molar-refractivity contribution in [3.8, 4) is 0 Å². The molecule has 0 unspecified atom stereocenters. The number of hydrogen-bond acceptors (Lipinski definition) is 1. The molecular formula is C18H23N3. The minimum absolute atomic E-state index is 0.696. The van der Waals surface area contributed by atoms with Gasteiger partial charge in [-0.2, -0.15) is 0 Å². The number of rotatable bonds is 6. The highest BCUT2D eigenvalue weighted by molar-refractivity contribution is 5.79. The van der Waals surface area contributed by atoms with Crippen LogP contribution in [0.5, 0.6) is 0 Å². The Labute approximate surface area is 127 Å². The van der Waals surface area contributed by atoms with Crippen molar-refractivity contribution in [1.29, 1.82) is 0 Å². The molecule has 110 valence electrons. The predicted molar refractivity (Wildman–Crippen MR) is 89.4 cm³/mol. The average molecular weight is 281 g/mol. The van der Waals surface area contributed by atoms with E-state index in [9.17, 15) is 0 Å². The van der Waals surface area contributed by atoms with Gasteiger partial charge in [-0.15, -0.1) is 0 Å². The zero-order valence-electron chi connectivity index (χ0n) is 12.5. The Hall–Kier alpha value is -2.29. The molecule has 0 aliphatic carbocycles. The van der Waals surface area contributed by atoms with Crippen molar-refractivity contribution in [2.24, 2.45) is 4.99 Å². The van der Waals surface area contributed by atoms with Crippen LogP contribution in [0.2, 0.25) is 0 Å². The summed E-state index contributed by atoms with van der Waals surface area (Å²) in [6.45, 7) is 4.52. The highest BCUT2D eigenvalue weighted by Crippen LogP contribution is 2.00. The summed E-state index contributed by atoms with van der Waals surface area (Å²) < 4.78 is 0. The Morgan fingerprint density at radius 2 is 1.48 bits per heavy atom. The minimum Gasteiger partial charge on any atom is -0.357 e. The molecule has 3 heteroatoms. The van der Waals surface area contributed by atoms with Crippen LogP contribution in [-0.4, -0.2) is 19.0 Å². The number of guanidine groups is 1. The van der Waals surface area contributed by atoms with Gasteiger partial charge in [0, 0.05) is 13.1 Å². The molecule has 0 spiro atoms. The first-order valence-corrected chi connectivity index (χ1v) is 7.48. The van der Waals surface area contributed by atoms with E-state index in [1.165, 1.54) is 11.1 Å². The van der Waals surface area contributed by atoms with Gasteiger partial charge in [0.2, 0.25) is 0 Å². The van der Waals surface area contributed by atoms with Gasteiger partial charge in [-0.1, -0.05) is 60.7 Å². The topological polar surface area (TPSA) is 36.4 Å². The highest BCUT2D eigenvalue weighted by atomic mass is 15.2. The van der Waals surface area contributed by atoms with Crippen LogP contribution in [0.3, 0.4) is 0 Å². The molecule has 0 aliphatic heterocycles. The first kappa shape index (κ1) is 15.1. The Morgan fingerprint density at radius 3 is 2.10 bits per heavy atom. The molecule has 2 N–H and O–H groups in total. The molecule has 0 saturated carbocycles. The minimum atomic E-state index is 0.696. The smallest absolute Gasteiger partial charge is 0.191 e. The fourth-order valence-electron chi connectivity index (χ4n) is 2.07. The number of hydrogen-bond donors (Lipinski definition) is 2. The summed E-state index contributed by atoms with van der Waals surface area (Å²) >= 11 is 0. The van der Waals surface area contributed by atoms with Crippen molar-refractivity contribution in [3.63, 3.8) is 0 Å². The van der Waals surface area contributed by atoms with Gasteiger partial charge in [0.15, 0.2) is 5.96 Å². The monoisotopic (exact) mass is 281 g/mol. The average Bonchev–Trinajstić information content (AvgIpc) is 2.54. The third-order valence-electron chi connectivity index (χ3n) is 3.16. The summed E-state index contributed by atoms with van der Waals surface area (Å²) in [6.07, 6.45) is 0.997. The maximum absolute atomic E-state index is 4.61. The summed E-state index contributed by atoms with van der Waals surface area (Å²) in [7, 11) is 0. The normalized spacial score (nSPS) is 11.2. The Bertz CT molecular complexity index is 535. The first-order chi connectivity index (χ1) is 10.4. The van der Waals surface area contributed by atoms with Gasteiger partial charge in [-0.05, 0) is 24.5 Å². The van der Waals surface area contributed by atoms with Crippen LogP contribution in [0.15, 0.2) is 65.7 Å². The Balaban J connectivity index is 1.84. The molecule has 3 nitrogen and oxygen atoms in total. The lowest BCUT2D eigenvalue weighted by Gasteiger charge is -2.11. The quantitative estimate of drug-likeness (QED) is 0.631. The molecule has 0 bridgehead atoms. The van der Waals surface area contributed by atoms with E-state index in [-0.39, 0.29) is 0 Å². The molecule has 2 aromatic carbocycles. The number of benzene rings is 2. The van der Waals surface area contributed by atoms with Crippen LogP contribution in [0.4, 0.5) is 0 Å². The van der Waals surface area contributed by atoms with Gasteiger partial charge >= 0.3 is 0 Å². The zero-order valence-corrected chi connectivity index (χ0v) is 12.5. The molecule has 21 heavy (non-hydrogen) atoms. The van der Waals surface area contributed by atoms with E-state index >= 15 is 0 Å². The van der Waals surface area contributed by atoms with Gasteiger partial charge in [0.05, 0.1) is 6.54 Å². The largest absolute Gasteiger partial charge is 0.357 e. The van der Waals surface area contributed by atoms with Crippen molar-refractivity contribution in [2.75, 3.05) is 13.1 Å². The van der Waals surface area contributed by atoms with Crippen molar-refractivity contribution in [3.05, 3.63) is 71.8 Å². The van der Waals surface area contributed by atoms with Gasteiger partial charge < -0.3 is 10.6 Å². The van der Waals surface area contributed by atoms with E-state index in [1.807, 2.05) is 24.3 Å². The van der Waals surface area contributed by atoms with Crippen LogP contribution in [0.25, 0.3) is 0 Å². The van der Waals surface area contributed by atoms with Crippen LogP contribution < -0.4 is 10.6 Å². The van der Waals surface area contributed by atoms with Crippen LogP contribution in [0.1, 0.15) is 18.1 Å². The van der Waals surface area contributed by atoms with E-state index in [4.69, 9.17) is 0 Å². The van der Waals surface area contributed by atoms with Gasteiger partial charge in [-0.3, -0.25) is 0 Å². The molecule has 2 aromatic rings. The second-order valence-electron chi connectivity index (χ2n) is 4.84. The van der Waals surface area contributed by atoms with E-state index < -0.39 is 0 Å². The maximum Gasteiger partial charge on any atom is 0.191 e. The van der Waals surface area contributed by atoms with Crippen molar-refractivity contribution in [1.82, 2.24) is 10.6 Å². The van der Waals surface area contributed by atoms with Crippen molar-refractivity contribution < 1.29 is 0 Å². The van der Waals surface area contributed by atoms with E-state index in [2.05, 4.69) is 58.9 Å². The zero-order chi connectivity index (χ0) is 14.8. The van der Waals surface area contributed by atoms with E-state index in [0.29, 0.717) is 6.54 Å². The number of aliphatic imine (C=N–C) groups is 1. The summed E-state index contributed by atoms with van der Waals surface area (Å²) in [5.74, 6) is 0.872. The summed E-state index contributed by atoms with van der Waals surface area (Å²) in [5.41, 5.74) is 2.56. The lowest BCUT2D eigenvalue weighted by molar-refractivity contribution is 0.799. The second kappa shape index (κ2) is 8.80. The molecule has 0 aliphatic rings. The van der Waals surface area contributed by atoms with Crippen molar-refractivity contribution >= 4 is 5.96 Å². The molecular weight excluding hydrogens is 258 g/mol. The Morgan fingerprint density at radius 1 is 0.857 bits per heavy atom. The SMILES string of the molecule is CCNC(=NCc1ccccc1)NCCc1ccccc1. The van der Waals surface area contributed by atoms with Crippen molar-refractivity contribution in [2.45, 2.75) is 19.9 Å². The van der Waals surface area contributed by atoms with Gasteiger partial charge in [0.1, 0.15) is 0 Å². The van der Waals surface area contributed by atoms with Crippen LogP contribution >= 0.6 is 0 Å². The molecule has 2 rings (SSSR count). The summed E-state index contributed by atoms with van der Waals surface area (Å²) in [4.78, 5) is 4.61. The van der Waals surface area contributed by atoms with Crippen LogP contribution in [-0.2, 0) is 13.0 Å². The van der Waals surface area contributed by atoms with Gasteiger partial charge in [-0.25, -0.2) is 4.99 Å². The summed E-state index contributed by atoms with van der Waals surface area (Å²) in [6, 6.07) is 20.8. The van der Waals surface area contributed by atoms with E-state index in [0.717, 1.165) is 25.5 Å². The molecule has 0 amide bonds. The van der Waals surface area contributed by atoms with Gasteiger partial charge in [0.25, 0.3) is 0 Å². The molecule has 0 aromatic heterocycles. The fourth-order valence-corrected chi connectivity index (χ4v) is 2.07. The standard InChI is InChI=1S/C18H23N3/c1-2-19-18(21-15-17-11-7-4-8-12-17)20-14-13-16-9-5-3-6-10-16/h3-12H,2,13-15H2,1H3,(H2,19,20,21). The molecule has 0 atom stereocenters. The number of nitrogens with zero attached hydrogens (tertiary/aromatic N) is 1. The molecule has 0 heterocycles. The van der Waals surface area contributed by atoms with E-state index in [1.54, 1.807) is 0 Å². The first-order valence-electron chi connectivity index (χ1n) is 7.48. The lowest BCUT2D eigenvalue weighted by Crippen LogP contribution is -2.38. The predicted octanol–water partition coefficient (Wildman–Crippen LogP) is 2.98. The maximum atomic E-state index is 4.61.